The first-order valence-corrected chi connectivity index (χ1v) is 14.2. The Morgan fingerprint density at radius 2 is 1.20 bits per heavy atom. The number of nitrogens with zero attached hydrogens (tertiary/aromatic N) is 1. The smallest absolute Gasteiger partial charge is 0.200 e. The van der Waals surface area contributed by atoms with Crippen LogP contribution in [0.5, 0.6) is 0 Å². The van der Waals surface area contributed by atoms with Gasteiger partial charge in [-0.25, -0.2) is 16.8 Å². The summed E-state index contributed by atoms with van der Waals surface area (Å²) in [5, 5.41) is 0. The maximum atomic E-state index is 13.7. The van der Waals surface area contributed by atoms with Gasteiger partial charge >= 0.3 is 0 Å². The van der Waals surface area contributed by atoms with E-state index >= 15 is 0 Å². The van der Waals surface area contributed by atoms with Gasteiger partial charge in [-0.15, -0.1) is 0 Å². The van der Waals surface area contributed by atoms with Crippen molar-refractivity contribution in [3.63, 3.8) is 0 Å². The summed E-state index contributed by atoms with van der Waals surface area (Å²) in [4.78, 5) is -0.243. The van der Waals surface area contributed by atoms with Crippen LogP contribution in [0.2, 0.25) is 0 Å². The molecule has 0 atom stereocenters. The average Bonchev–Trinajstić information content (AvgIpc) is 2.82. The Balaban J connectivity index is 2.24. The Bertz CT molecular complexity index is 1430. The molecule has 184 valence electrons. The largest absolute Gasteiger partial charge is 0.277 e. The van der Waals surface area contributed by atoms with Crippen molar-refractivity contribution >= 4 is 25.6 Å². The molecule has 0 aliphatic carbocycles. The first kappa shape index (κ1) is 26.5. The zero-order valence-corrected chi connectivity index (χ0v) is 22.3. The molecule has 7 heteroatoms. The lowest BCUT2D eigenvalue weighted by Gasteiger charge is -2.22. The summed E-state index contributed by atoms with van der Waals surface area (Å²) in [6.07, 6.45) is 1.03. The van der Waals surface area contributed by atoms with E-state index in [2.05, 4.69) is 5.73 Å². The van der Waals surface area contributed by atoms with Gasteiger partial charge in [-0.2, -0.15) is 3.71 Å². The van der Waals surface area contributed by atoms with E-state index in [4.69, 9.17) is 0 Å². The van der Waals surface area contributed by atoms with Crippen LogP contribution in [-0.4, -0.2) is 20.5 Å². The summed E-state index contributed by atoms with van der Waals surface area (Å²) >= 11 is 0. The van der Waals surface area contributed by atoms with Gasteiger partial charge in [-0.3, -0.25) is 0 Å². The fourth-order valence-corrected chi connectivity index (χ4v) is 6.85. The molecular formula is C28H31NO4S2. The third-order valence-corrected chi connectivity index (χ3v) is 9.59. The highest BCUT2D eigenvalue weighted by Crippen LogP contribution is 2.29. The van der Waals surface area contributed by atoms with Gasteiger partial charge in [0.25, 0.3) is 20.0 Å². The second-order valence-electron chi connectivity index (χ2n) is 9.53. The summed E-state index contributed by atoms with van der Waals surface area (Å²) in [5.41, 5.74) is 5.27. The molecule has 35 heavy (non-hydrogen) atoms. The van der Waals surface area contributed by atoms with Crippen LogP contribution in [0.25, 0.3) is 5.57 Å². The molecule has 0 bridgehead atoms. The van der Waals surface area contributed by atoms with Gasteiger partial charge < -0.3 is 0 Å². The predicted molar refractivity (Wildman–Crippen MR) is 141 cm³/mol. The zero-order chi connectivity index (χ0) is 25.9. The fraction of sp³-hybridized carbons (Fsp3) is 0.250. The first-order chi connectivity index (χ1) is 16.3. The predicted octanol–water partition coefficient (Wildman–Crippen LogP) is 6.22. The molecule has 0 radical (unpaired) electrons. The van der Waals surface area contributed by atoms with Gasteiger partial charge in [0.05, 0.1) is 16.0 Å². The molecule has 3 rings (SSSR count). The molecule has 0 unspecified atom stereocenters. The van der Waals surface area contributed by atoms with Crippen molar-refractivity contribution in [2.75, 3.05) is 0 Å². The highest BCUT2D eigenvalue weighted by atomic mass is 32.3. The molecule has 5 nitrogen and oxygen atoms in total. The maximum absolute atomic E-state index is 13.7. The number of allylic oxidation sites excluding steroid dienone is 1. The molecule has 0 spiro atoms. The van der Waals surface area contributed by atoms with Gasteiger partial charge in [0.2, 0.25) is 0 Å². The van der Waals surface area contributed by atoms with Crippen molar-refractivity contribution in [1.29, 1.82) is 0 Å². The van der Waals surface area contributed by atoms with Crippen LogP contribution in [0.15, 0.2) is 107 Å². The Morgan fingerprint density at radius 3 is 1.66 bits per heavy atom. The minimum Gasteiger partial charge on any atom is -0.200 e. The maximum Gasteiger partial charge on any atom is 0.277 e. The molecule has 0 heterocycles. The molecule has 0 amide bonds. The minimum absolute atomic E-state index is 0.0243. The fourth-order valence-electron chi connectivity index (χ4n) is 3.52. The summed E-state index contributed by atoms with van der Waals surface area (Å²) < 4.78 is 54.9. The van der Waals surface area contributed by atoms with Crippen LogP contribution in [-0.2, 0) is 25.5 Å². The van der Waals surface area contributed by atoms with E-state index in [-0.39, 0.29) is 21.1 Å². The van der Waals surface area contributed by atoms with Crippen LogP contribution in [0.1, 0.15) is 45.7 Å². The lowest BCUT2D eigenvalue weighted by molar-refractivity contribution is 0.536. The Kier molecular flexibility index (Phi) is 7.75. The van der Waals surface area contributed by atoms with Gasteiger partial charge in [0.1, 0.15) is 0 Å². The lowest BCUT2D eigenvalue weighted by Crippen LogP contribution is -2.32. The van der Waals surface area contributed by atoms with Gasteiger partial charge in [0.15, 0.2) is 0 Å². The average molecular weight is 510 g/mol. The number of hydrogen-bond donors (Lipinski definition) is 0. The van der Waals surface area contributed by atoms with E-state index in [1.807, 2.05) is 65.0 Å². The van der Waals surface area contributed by atoms with Crippen LogP contribution in [0.4, 0.5) is 0 Å². The Labute approximate surface area is 209 Å². The molecule has 0 aromatic heterocycles. The number of hydrogen-bond acceptors (Lipinski definition) is 4. The number of rotatable bonds is 7. The normalized spacial score (nSPS) is 12.2. The third kappa shape index (κ3) is 5.93. The topological polar surface area (TPSA) is 71.5 Å². The van der Waals surface area contributed by atoms with E-state index < -0.39 is 20.0 Å². The van der Waals surface area contributed by atoms with Crippen molar-refractivity contribution in [3.8, 4) is 0 Å². The summed E-state index contributed by atoms with van der Waals surface area (Å²) in [6, 6.07) is 23.2. The van der Waals surface area contributed by atoms with Crippen LogP contribution >= 0.6 is 0 Å². The molecule has 0 N–H and O–H groups in total. The van der Waals surface area contributed by atoms with Crippen molar-refractivity contribution < 1.29 is 16.8 Å². The van der Waals surface area contributed by atoms with Crippen LogP contribution in [0.3, 0.4) is 0 Å². The van der Waals surface area contributed by atoms with E-state index in [0.29, 0.717) is 9.28 Å². The third-order valence-electron chi connectivity index (χ3n) is 5.52. The van der Waals surface area contributed by atoms with E-state index in [9.17, 15) is 16.8 Å². The number of benzene rings is 3. The van der Waals surface area contributed by atoms with E-state index in [1.165, 1.54) is 24.3 Å². The molecular weight excluding hydrogens is 478 g/mol. The van der Waals surface area contributed by atoms with Crippen LogP contribution in [0, 0.1) is 5.92 Å². The first-order valence-electron chi connectivity index (χ1n) is 11.3. The highest BCUT2D eigenvalue weighted by Gasteiger charge is 2.34. The van der Waals surface area contributed by atoms with Crippen LogP contribution < -0.4 is 0 Å². The molecule has 3 aromatic rings. The monoisotopic (exact) mass is 509 g/mol. The van der Waals surface area contributed by atoms with Gasteiger partial charge in [-0.05, 0) is 46.7 Å². The van der Waals surface area contributed by atoms with E-state index in [0.717, 1.165) is 17.3 Å². The molecule has 0 aliphatic rings. The Hall–Kier alpha value is -3.12. The van der Waals surface area contributed by atoms with Crippen molar-refractivity contribution in [3.05, 3.63) is 108 Å². The minimum atomic E-state index is -4.46. The highest BCUT2D eigenvalue weighted by molar-refractivity contribution is 8.04. The van der Waals surface area contributed by atoms with Gasteiger partial charge in [0, 0.05) is 5.57 Å². The number of sulfonamides is 2. The van der Waals surface area contributed by atoms with Gasteiger partial charge in [-0.1, -0.05) is 101 Å². The molecule has 0 aliphatic heterocycles. The van der Waals surface area contributed by atoms with Crippen molar-refractivity contribution in [1.82, 2.24) is 3.71 Å². The molecule has 0 fully saturated rings. The van der Waals surface area contributed by atoms with E-state index in [1.54, 1.807) is 30.3 Å². The second-order valence-corrected chi connectivity index (χ2v) is 13.4. The lowest BCUT2D eigenvalue weighted by atomic mass is 9.87. The molecule has 0 saturated heterocycles. The van der Waals surface area contributed by atoms with Crippen molar-refractivity contribution in [2.24, 2.45) is 5.92 Å². The standard InChI is InChI=1S/C28H31NO4S2/c1-22(2)27(23-12-8-6-9-13-23)20-21-29(34(30,31)25-14-10-7-11-15-25)35(32,33)26-18-16-24(17-19-26)28(3,4)5/h6-19,21-22H,1-5H3. The summed E-state index contributed by atoms with van der Waals surface area (Å²) in [5.74, 6) is -0.0243. The molecule has 3 aromatic carbocycles. The summed E-state index contributed by atoms with van der Waals surface area (Å²) in [6.45, 7) is 9.95. The Morgan fingerprint density at radius 1 is 0.743 bits per heavy atom. The molecule has 0 saturated carbocycles. The van der Waals surface area contributed by atoms with Crippen molar-refractivity contribution in [2.45, 2.75) is 49.8 Å². The second kappa shape index (κ2) is 10.2. The quantitative estimate of drug-likeness (QED) is 0.355. The zero-order valence-electron chi connectivity index (χ0n) is 20.6. The SMILES string of the molecule is CC(C)C(=C=CN(S(=O)(=O)c1ccccc1)S(=O)(=O)c1ccc(C(C)(C)C)cc1)c1ccccc1. The summed E-state index contributed by atoms with van der Waals surface area (Å²) in [7, 11) is -8.89.